The van der Waals surface area contributed by atoms with Crippen molar-refractivity contribution in [1.82, 2.24) is 5.01 Å². The summed E-state index contributed by atoms with van der Waals surface area (Å²) in [6.07, 6.45) is 0.222. The number of hydrogen-bond donors (Lipinski definition) is 0. The highest BCUT2D eigenvalue weighted by atomic mass is 79.9. The van der Waals surface area contributed by atoms with E-state index in [0.717, 1.165) is 32.6 Å². The molecule has 0 aliphatic carbocycles. The van der Waals surface area contributed by atoms with E-state index in [0.29, 0.717) is 11.4 Å². The Morgan fingerprint density at radius 3 is 2.53 bits per heavy atom. The zero-order valence-electron chi connectivity index (χ0n) is 15.5. The van der Waals surface area contributed by atoms with Crippen molar-refractivity contribution in [2.75, 3.05) is 0 Å². The number of nitro groups is 1. The van der Waals surface area contributed by atoms with Crippen LogP contribution >= 0.6 is 27.5 Å². The number of halogens is 2. The van der Waals surface area contributed by atoms with Crippen molar-refractivity contribution in [3.05, 3.63) is 103 Å². The second kappa shape index (κ2) is 7.41. The summed E-state index contributed by atoms with van der Waals surface area (Å²) >= 11 is 9.73. The Morgan fingerprint density at radius 2 is 1.83 bits per heavy atom. The second-order valence-electron chi connectivity index (χ2n) is 7.15. The third-order valence-corrected chi connectivity index (χ3v) is 6.08. The Labute approximate surface area is 186 Å². The molecule has 3 aromatic rings. The maximum absolute atomic E-state index is 11.0. The molecule has 0 bridgehead atoms. The van der Waals surface area contributed by atoms with Gasteiger partial charge in [-0.15, -0.1) is 0 Å². The molecule has 150 valence electrons. The summed E-state index contributed by atoms with van der Waals surface area (Å²) in [7, 11) is 0. The summed E-state index contributed by atoms with van der Waals surface area (Å²) in [5.41, 5.74) is 3.82. The highest BCUT2D eigenvalue weighted by Crippen LogP contribution is 2.48. The van der Waals surface area contributed by atoms with E-state index >= 15 is 0 Å². The second-order valence-corrected chi connectivity index (χ2v) is 8.51. The molecule has 0 unspecified atom stereocenters. The van der Waals surface area contributed by atoms with Crippen molar-refractivity contribution in [2.45, 2.75) is 18.7 Å². The molecule has 0 saturated carbocycles. The molecule has 30 heavy (non-hydrogen) atoms. The minimum absolute atomic E-state index is 0.0358. The van der Waals surface area contributed by atoms with Crippen molar-refractivity contribution in [1.29, 1.82) is 0 Å². The van der Waals surface area contributed by atoms with Crippen LogP contribution in [-0.4, -0.2) is 15.6 Å². The van der Waals surface area contributed by atoms with Crippen LogP contribution in [0.1, 0.15) is 35.4 Å². The van der Waals surface area contributed by atoms with E-state index in [9.17, 15) is 10.1 Å². The molecular weight excluding hydrogens is 470 g/mol. The van der Waals surface area contributed by atoms with Crippen molar-refractivity contribution >= 4 is 38.9 Å². The van der Waals surface area contributed by atoms with Gasteiger partial charge in [-0.3, -0.25) is 10.1 Å². The highest BCUT2D eigenvalue weighted by Gasteiger charge is 2.41. The number of nitro benzene ring substituents is 1. The summed E-state index contributed by atoms with van der Waals surface area (Å²) in [4.78, 5) is 10.6. The van der Waals surface area contributed by atoms with Crippen molar-refractivity contribution in [3.63, 3.8) is 0 Å². The summed E-state index contributed by atoms with van der Waals surface area (Å²) in [6.45, 7) is 0. The van der Waals surface area contributed by atoms with Gasteiger partial charge in [-0.1, -0.05) is 39.7 Å². The molecule has 6 nitrogen and oxygen atoms in total. The molecule has 2 aliphatic rings. The maximum Gasteiger partial charge on any atom is 0.269 e. The van der Waals surface area contributed by atoms with Crippen LogP contribution in [0, 0.1) is 10.1 Å². The number of rotatable bonds is 3. The number of ether oxygens (including phenoxy) is 1. The number of hydrogen-bond acceptors (Lipinski definition) is 5. The third-order valence-electron chi connectivity index (χ3n) is 5.32. The molecule has 0 fully saturated rings. The Morgan fingerprint density at radius 1 is 1.10 bits per heavy atom. The maximum atomic E-state index is 11.0. The predicted octanol–water partition coefficient (Wildman–Crippen LogP) is 6.25. The summed E-state index contributed by atoms with van der Waals surface area (Å²) < 4.78 is 7.28. The topological polar surface area (TPSA) is 68.0 Å². The molecule has 0 saturated heterocycles. The van der Waals surface area contributed by atoms with Crippen LogP contribution in [0.15, 0.2) is 76.3 Å². The van der Waals surface area contributed by atoms with Gasteiger partial charge in [-0.05, 0) is 48.0 Å². The van der Waals surface area contributed by atoms with Gasteiger partial charge in [0.2, 0.25) is 6.23 Å². The zero-order chi connectivity index (χ0) is 20.8. The molecular formula is C22H15BrClN3O3. The number of benzene rings is 3. The average molecular weight is 485 g/mol. The van der Waals surface area contributed by atoms with Crippen LogP contribution in [0.2, 0.25) is 5.02 Å². The molecule has 2 heterocycles. The van der Waals surface area contributed by atoms with Gasteiger partial charge < -0.3 is 4.74 Å². The molecule has 0 radical (unpaired) electrons. The lowest BCUT2D eigenvalue weighted by Gasteiger charge is -2.38. The Hall–Kier alpha value is -2.90. The average Bonchev–Trinajstić information content (AvgIpc) is 3.19. The predicted molar refractivity (Wildman–Crippen MR) is 118 cm³/mol. The number of fused-ring (bicyclic) bond motifs is 3. The van der Waals surface area contributed by atoms with Crippen LogP contribution in [0.25, 0.3) is 0 Å². The van der Waals surface area contributed by atoms with Crippen LogP contribution in [0.3, 0.4) is 0 Å². The number of nitrogens with zero attached hydrogens (tertiary/aromatic N) is 3. The van der Waals surface area contributed by atoms with Gasteiger partial charge >= 0.3 is 0 Å². The molecule has 3 aromatic carbocycles. The van der Waals surface area contributed by atoms with Crippen LogP contribution < -0.4 is 4.74 Å². The monoisotopic (exact) mass is 483 g/mol. The van der Waals surface area contributed by atoms with E-state index in [1.165, 1.54) is 12.1 Å². The lowest BCUT2D eigenvalue weighted by atomic mass is 9.96. The fourth-order valence-electron chi connectivity index (χ4n) is 3.86. The summed E-state index contributed by atoms with van der Waals surface area (Å²) in [5.74, 6) is 0.747. The summed E-state index contributed by atoms with van der Waals surface area (Å²) in [5, 5.41) is 18.5. The van der Waals surface area contributed by atoms with E-state index in [1.807, 2.05) is 41.4 Å². The van der Waals surface area contributed by atoms with E-state index < -0.39 is 11.2 Å². The minimum atomic E-state index is -0.488. The molecule has 5 rings (SSSR count). The Kier molecular flexibility index (Phi) is 4.72. The van der Waals surface area contributed by atoms with Gasteiger partial charge in [0.25, 0.3) is 5.69 Å². The normalized spacial score (nSPS) is 19.5. The molecule has 0 N–H and O–H groups in total. The van der Waals surface area contributed by atoms with Crippen molar-refractivity contribution < 1.29 is 9.66 Å². The van der Waals surface area contributed by atoms with E-state index in [2.05, 4.69) is 15.9 Å². The first-order chi connectivity index (χ1) is 14.5. The number of hydrazone groups is 1. The highest BCUT2D eigenvalue weighted by molar-refractivity contribution is 9.10. The quantitative estimate of drug-likeness (QED) is 0.325. The van der Waals surface area contributed by atoms with Gasteiger partial charge in [0.15, 0.2) is 0 Å². The van der Waals surface area contributed by atoms with Crippen LogP contribution in [-0.2, 0) is 0 Å². The SMILES string of the molecule is O=[N+]([O-])c1ccc([C@@H]2Oc3ccc(Cl)cc3[C@H]3CC(c4ccc(Br)cc4)=NN32)cc1. The first-order valence-electron chi connectivity index (χ1n) is 9.32. The molecule has 0 aromatic heterocycles. The standard InChI is InChI=1S/C22H15BrClN3O3/c23-15-5-1-13(2-6-15)19-12-20-18-11-16(24)7-10-21(18)30-22(26(20)25-19)14-3-8-17(9-4-14)27(28)29/h1-11,20,22H,12H2/t20-,22+/m1/s1. The molecule has 0 spiro atoms. The first-order valence-corrected chi connectivity index (χ1v) is 10.5. The molecule has 8 heteroatoms. The zero-order valence-corrected chi connectivity index (χ0v) is 17.9. The lowest BCUT2D eigenvalue weighted by molar-refractivity contribution is -0.384. The minimum Gasteiger partial charge on any atom is -0.464 e. The Bertz CT molecular complexity index is 1170. The van der Waals surface area contributed by atoms with Crippen LogP contribution in [0.5, 0.6) is 5.75 Å². The summed E-state index contributed by atoms with van der Waals surface area (Å²) in [6, 6.07) is 20.0. The fraction of sp³-hybridized carbons (Fsp3) is 0.136. The first kappa shape index (κ1) is 19.1. The molecule has 2 aliphatic heterocycles. The van der Waals surface area contributed by atoms with E-state index in [1.54, 1.807) is 18.2 Å². The van der Waals surface area contributed by atoms with Gasteiger partial charge in [-0.25, -0.2) is 5.01 Å². The van der Waals surface area contributed by atoms with Crippen LogP contribution in [0.4, 0.5) is 5.69 Å². The smallest absolute Gasteiger partial charge is 0.269 e. The van der Waals surface area contributed by atoms with Gasteiger partial charge in [-0.2, -0.15) is 5.10 Å². The van der Waals surface area contributed by atoms with Crippen molar-refractivity contribution in [2.24, 2.45) is 5.10 Å². The van der Waals surface area contributed by atoms with Gasteiger partial charge in [0.05, 0.1) is 16.7 Å². The third kappa shape index (κ3) is 3.34. The largest absolute Gasteiger partial charge is 0.464 e. The Balaban J connectivity index is 1.57. The van der Waals surface area contributed by atoms with Crippen molar-refractivity contribution in [3.8, 4) is 5.75 Å². The van der Waals surface area contributed by atoms with Gasteiger partial charge in [0, 0.05) is 39.2 Å². The molecule has 2 atom stereocenters. The van der Waals surface area contributed by atoms with E-state index in [4.69, 9.17) is 21.4 Å². The van der Waals surface area contributed by atoms with Gasteiger partial charge in [0.1, 0.15) is 5.75 Å². The molecule has 0 amide bonds. The lowest BCUT2D eigenvalue weighted by Crippen LogP contribution is -2.33. The fourth-order valence-corrected chi connectivity index (χ4v) is 4.30. The van der Waals surface area contributed by atoms with E-state index in [-0.39, 0.29) is 11.7 Å². The number of non-ortho nitro benzene ring substituents is 1.